The van der Waals surface area contributed by atoms with Gasteiger partial charge in [-0.1, -0.05) is 11.8 Å². The third kappa shape index (κ3) is 3.74. The van der Waals surface area contributed by atoms with E-state index in [0.29, 0.717) is 11.7 Å². The Balaban J connectivity index is 1.43. The summed E-state index contributed by atoms with van der Waals surface area (Å²) in [6.45, 7) is 4.64. The average molecular weight is 393 g/mol. The number of aromatic nitrogens is 6. The first-order valence-electron chi connectivity index (χ1n) is 8.86. The van der Waals surface area contributed by atoms with Crippen molar-refractivity contribution in [1.29, 1.82) is 0 Å². The maximum absolute atomic E-state index is 12.4. The van der Waals surface area contributed by atoms with Crippen LogP contribution < -0.4 is 5.32 Å². The maximum atomic E-state index is 12.4. The molecule has 0 aliphatic carbocycles. The number of carbonyl (C=O) groups excluding carboxylic acids is 1. The van der Waals surface area contributed by atoms with E-state index < -0.39 is 0 Å². The van der Waals surface area contributed by atoms with Gasteiger partial charge in [0.2, 0.25) is 5.91 Å². The van der Waals surface area contributed by atoms with Crippen LogP contribution in [0.1, 0.15) is 12.7 Å². The second kappa shape index (κ2) is 7.81. The van der Waals surface area contributed by atoms with Crippen molar-refractivity contribution >= 4 is 34.4 Å². The Kier molecular flexibility index (Phi) is 5.07. The summed E-state index contributed by atoms with van der Waals surface area (Å²) >= 11 is 1.36. The Bertz CT molecular complexity index is 1120. The Hall–Kier alpha value is -3.20. The number of nitrogens with zero attached hydrogens (tertiary/aromatic N) is 5. The summed E-state index contributed by atoms with van der Waals surface area (Å²) in [6, 6.07) is 9.40. The van der Waals surface area contributed by atoms with Crippen LogP contribution >= 0.6 is 11.8 Å². The van der Waals surface area contributed by atoms with Crippen molar-refractivity contribution < 1.29 is 4.79 Å². The second-order valence-corrected chi connectivity index (χ2v) is 7.12. The highest BCUT2D eigenvalue weighted by Crippen LogP contribution is 2.24. The summed E-state index contributed by atoms with van der Waals surface area (Å²) in [7, 11) is 0. The summed E-state index contributed by atoms with van der Waals surface area (Å²) < 4.78 is 1.99. The quantitative estimate of drug-likeness (QED) is 0.488. The van der Waals surface area contributed by atoms with Gasteiger partial charge in [0, 0.05) is 30.2 Å². The molecular weight excluding hydrogens is 374 g/mol. The van der Waals surface area contributed by atoms with Gasteiger partial charge in [-0.05, 0) is 44.2 Å². The molecular formula is C19H19N7OS. The van der Waals surface area contributed by atoms with Crippen LogP contribution in [0.3, 0.4) is 0 Å². The molecule has 0 unspecified atom stereocenters. The van der Waals surface area contributed by atoms with Gasteiger partial charge < -0.3 is 14.9 Å². The van der Waals surface area contributed by atoms with E-state index in [1.807, 2.05) is 48.7 Å². The first kappa shape index (κ1) is 18.2. The number of amides is 1. The summed E-state index contributed by atoms with van der Waals surface area (Å²) in [6.07, 6.45) is 3.45. The van der Waals surface area contributed by atoms with Gasteiger partial charge in [-0.2, -0.15) is 0 Å². The third-order valence-corrected chi connectivity index (χ3v) is 5.15. The van der Waals surface area contributed by atoms with Crippen LogP contribution in [-0.2, 0) is 11.3 Å². The van der Waals surface area contributed by atoms with Crippen molar-refractivity contribution in [3.63, 3.8) is 0 Å². The van der Waals surface area contributed by atoms with Crippen LogP contribution in [0.2, 0.25) is 0 Å². The Morgan fingerprint density at radius 2 is 2.04 bits per heavy atom. The lowest BCUT2D eigenvalue weighted by molar-refractivity contribution is -0.113. The predicted molar refractivity (Wildman–Crippen MR) is 109 cm³/mol. The minimum Gasteiger partial charge on any atom is -0.342 e. The molecule has 2 N–H and O–H groups in total. The number of imidazole rings is 1. The maximum Gasteiger partial charge on any atom is 0.234 e. The summed E-state index contributed by atoms with van der Waals surface area (Å²) in [5.74, 6) is 1.76. The fourth-order valence-electron chi connectivity index (χ4n) is 2.94. The fourth-order valence-corrected chi connectivity index (χ4v) is 3.74. The minimum atomic E-state index is -0.100. The average Bonchev–Trinajstić information content (AvgIpc) is 3.28. The van der Waals surface area contributed by atoms with Gasteiger partial charge in [-0.25, -0.2) is 4.98 Å². The van der Waals surface area contributed by atoms with E-state index in [0.717, 1.165) is 33.9 Å². The molecule has 0 fully saturated rings. The van der Waals surface area contributed by atoms with Crippen LogP contribution in [0.15, 0.2) is 47.9 Å². The second-order valence-electron chi connectivity index (χ2n) is 6.18. The van der Waals surface area contributed by atoms with Gasteiger partial charge in [0.25, 0.3) is 0 Å². The van der Waals surface area contributed by atoms with E-state index in [9.17, 15) is 4.79 Å². The Morgan fingerprint density at radius 1 is 1.21 bits per heavy atom. The Morgan fingerprint density at radius 3 is 2.82 bits per heavy atom. The number of H-pyrrole nitrogens is 1. The molecule has 0 saturated heterocycles. The first-order chi connectivity index (χ1) is 13.6. The third-order valence-electron chi connectivity index (χ3n) is 4.19. The SMILES string of the molecule is CCn1c(SCC(=O)Nc2ccc3nc(C)[nH]c3c2)nnc1-c1ccncc1. The number of fused-ring (bicyclic) bond motifs is 1. The lowest BCUT2D eigenvalue weighted by atomic mass is 10.2. The van der Waals surface area contributed by atoms with Crippen molar-refractivity contribution in [2.75, 3.05) is 11.1 Å². The van der Waals surface area contributed by atoms with Crippen LogP contribution in [0.4, 0.5) is 5.69 Å². The minimum absolute atomic E-state index is 0.100. The smallest absolute Gasteiger partial charge is 0.234 e. The molecule has 4 aromatic rings. The van der Waals surface area contributed by atoms with E-state index in [2.05, 4.69) is 30.5 Å². The molecule has 3 aromatic heterocycles. The molecule has 0 atom stereocenters. The Labute approximate surface area is 165 Å². The molecule has 1 aromatic carbocycles. The van der Waals surface area contributed by atoms with E-state index >= 15 is 0 Å². The number of carbonyl (C=O) groups is 1. The topological polar surface area (TPSA) is 101 Å². The number of hydrogen-bond acceptors (Lipinski definition) is 6. The number of nitrogens with one attached hydrogen (secondary N) is 2. The van der Waals surface area contributed by atoms with E-state index in [-0.39, 0.29) is 11.7 Å². The lowest BCUT2D eigenvalue weighted by Gasteiger charge is -2.08. The number of aromatic amines is 1. The monoisotopic (exact) mass is 393 g/mol. The van der Waals surface area contributed by atoms with Gasteiger partial charge in [0.05, 0.1) is 16.8 Å². The molecule has 1 amide bonds. The summed E-state index contributed by atoms with van der Waals surface area (Å²) in [5, 5.41) is 12.2. The molecule has 0 saturated carbocycles. The molecule has 0 radical (unpaired) electrons. The molecule has 0 bridgehead atoms. The highest BCUT2D eigenvalue weighted by atomic mass is 32.2. The number of thioether (sulfide) groups is 1. The van der Waals surface area contributed by atoms with Crippen LogP contribution in [-0.4, -0.2) is 41.4 Å². The number of rotatable bonds is 6. The number of anilines is 1. The van der Waals surface area contributed by atoms with Crippen LogP contribution in [0, 0.1) is 6.92 Å². The molecule has 9 heteroatoms. The number of hydrogen-bond donors (Lipinski definition) is 2. The van der Waals surface area contributed by atoms with E-state index in [1.165, 1.54) is 11.8 Å². The molecule has 0 aliphatic heterocycles. The fraction of sp³-hybridized carbons (Fsp3) is 0.211. The van der Waals surface area contributed by atoms with Crippen molar-refractivity contribution in [3.05, 3.63) is 48.5 Å². The van der Waals surface area contributed by atoms with Crippen molar-refractivity contribution in [1.82, 2.24) is 29.7 Å². The number of benzene rings is 1. The zero-order valence-electron chi connectivity index (χ0n) is 15.5. The molecule has 4 rings (SSSR count). The van der Waals surface area contributed by atoms with Crippen molar-refractivity contribution in [3.8, 4) is 11.4 Å². The highest BCUT2D eigenvalue weighted by molar-refractivity contribution is 7.99. The lowest BCUT2D eigenvalue weighted by Crippen LogP contribution is -2.14. The van der Waals surface area contributed by atoms with Gasteiger partial charge >= 0.3 is 0 Å². The molecule has 28 heavy (non-hydrogen) atoms. The van der Waals surface area contributed by atoms with Crippen LogP contribution in [0.25, 0.3) is 22.4 Å². The summed E-state index contributed by atoms with van der Waals surface area (Å²) in [4.78, 5) is 23.9. The zero-order chi connectivity index (χ0) is 19.5. The highest BCUT2D eigenvalue weighted by Gasteiger charge is 2.14. The molecule has 0 spiro atoms. The molecule has 0 aliphatic rings. The standard InChI is InChI=1S/C19H19N7OS/c1-3-26-18(13-6-8-20-9-7-13)24-25-19(26)28-11-17(27)23-14-4-5-15-16(10-14)22-12(2)21-15/h4-10H,3,11H2,1-2H3,(H,21,22)(H,23,27). The number of aryl methyl sites for hydroxylation is 1. The van der Waals surface area contributed by atoms with Gasteiger partial charge in [0.15, 0.2) is 11.0 Å². The van der Waals surface area contributed by atoms with Gasteiger partial charge in [0.1, 0.15) is 5.82 Å². The predicted octanol–water partition coefficient (Wildman–Crippen LogP) is 3.28. The van der Waals surface area contributed by atoms with Gasteiger partial charge in [-0.3, -0.25) is 9.78 Å². The zero-order valence-corrected chi connectivity index (χ0v) is 16.3. The van der Waals surface area contributed by atoms with Crippen molar-refractivity contribution in [2.45, 2.75) is 25.5 Å². The molecule has 8 nitrogen and oxygen atoms in total. The van der Waals surface area contributed by atoms with E-state index in [1.54, 1.807) is 12.4 Å². The first-order valence-corrected chi connectivity index (χ1v) is 9.85. The van der Waals surface area contributed by atoms with E-state index in [4.69, 9.17) is 0 Å². The normalized spacial score (nSPS) is 11.1. The molecule has 3 heterocycles. The van der Waals surface area contributed by atoms with Crippen molar-refractivity contribution in [2.24, 2.45) is 0 Å². The van der Waals surface area contributed by atoms with Gasteiger partial charge in [-0.15, -0.1) is 10.2 Å². The largest absolute Gasteiger partial charge is 0.342 e. The summed E-state index contributed by atoms with van der Waals surface area (Å²) in [5.41, 5.74) is 3.46. The number of pyridine rings is 1. The van der Waals surface area contributed by atoms with Crippen LogP contribution in [0.5, 0.6) is 0 Å². The molecule has 142 valence electrons.